The summed E-state index contributed by atoms with van der Waals surface area (Å²) in [5.74, 6) is 0.693. The number of thiophene rings is 1. The van der Waals surface area contributed by atoms with Gasteiger partial charge in [-0.3, -0.25) is 0 Å². The quantitative estimate of drug-likeness (QED) is 0.742. The molecule has 0 bridgehead atoms. The van der Waals surface area contributed by atoms with E-state index in [-0.39, 0.29) is 5.60 Å². The van der Waals surface area contributed by atoms with E-state index in [0.717, 1.165) is 12.1 Å². The van der Waals surface area contributed by atoms with Crippen molar-refractivity contribution in [2.75, 3.05) is 0 Å². The second kappa shape index (κ2) is 6.40. The van der Waals surface area contributed by atoms with E-state index in [1.807, 2.05) is 39.0 Å². The largest absolute Gasteiger partial charge is 0.472 e. The van der Waals surface area contributed by atoms with E-state index in [1.54, 1.807) is 11.3 Å². The maximum atomic E-state index is 5.83. The summed E-state index contributed by atoms with van der Waals surface area (Å²) in [6.07, 6.45) is 3.64. The van der Waals surface area contributed by atoms with Crippen molar-refractivity contribution in [3.05, 3.63) is 35.2 Å². The Morgan fingerprint density at radius 1 is 1.25 bits per heavy atom. The smallest absolute Gasteiger partial charge is 0.214 e. The molecule has 0 N–H and O–H groups in total. The van der Waals surface area contributed by atoms with Crippen LogP contribution in [0.1, 0.15) is 46.1 Å². The predicted molar refractivity (Wildman–Crippen MR) is 86.5 cm³/mol. The van der Waals surface area contributed by atoms with Gasteiger partial charge in [-0.25, -0.2) is 4.98 Å². The summed E-state index contributed by atoms with van der Waals surface area (Å²) in [5.41, 5.74) is 2.20. The molecule has 0 fully saturated rings. The highest BCUT2D eigenvalue weighted by molar-refractivity contribution is 7.13. The van der Waals surface area contributed by atoms with Crippen molar-refractivity contribution in [1.82, 2.24) is 4.98 Å². The van der Waals surface area contributed by atoms with Gasteiger partial charge in [-0.15, -0.1) is 11.3 Å². The van der Waals surface area contributed by atoms with Gasteiger partial charge in [0.2, 0.25) is 5.88 Å². The summed E-state index contributed by atoms with van der Waals surface area (Å²) >= 11 is 1.76. The van der Waals surface area contributed by atoms with Crippen molar-refractivity contribution in [1.29, 1.82) is 0 Å². The molecule has 0 spiro atoms. The van der Waals surface area contributed by atoms with Crippen molar-refractivity contribution >= 4 is 11.3 Å². The highest BCUT2D eigenvalue weighted by Gasteiger charge is 2.13. The minimum absolute atomic E-state index is 0.215. The Hall–Kier alpha value is -1.35. The summed E-state index contributed by atoms with van der Waals surface area (Å²) in [4.78, 5) is 5.83. The Morgan fingerprint density at radius 2 is 2.05 bits per heavy atom. The Bertz CT molecular complexity index is 554. The van der Waals surface area contributed by atoms with Crippen molar-refractivity contribution in [2.24, 2.45) is 0 Å². The number of nitrogens with zero attached hydrogens (tertiary/aromatic N) is 1. The molecule has 0 saturated carbocycles. The molecule has 0 aliphatic rings. The van der Waals surface area contributed by atoms with Crippen molar-refractivity contribution in [2.45, 2.75) is 52.6 Å². The van der Waals surface area contributed by atoms with Crippen LogP contribution in [0.4, 0.5) is 0 Å². The van der Waals surface area contributed by atoms with Crippen molar-refractivity contribution in [3.8, 4) is 16.5 Å². The molecule has 2 nitrogen and oxygen atoms in total. The van der Waals surface area contributed by atoms with Crippen molar-refractivity contribution < 1.29 is 4.74 Å². The minimum atomic E-state index is -0.215. The molecule has 3 heteroatoms. The van der Waals surface area contributed by atoms with Gasteiger partial charge in [-0.1, -0.05) is 19.4 Å². The van der Waals surface area contributed by atoms with Crippen LogP contribution in [0.25, 0.3) is 10.6 Å². The van der Waals surface area contributed by atoms with Gasteiger partial charge < -0.3 is 4.74 Å². The van der Waals surface area contributed by atoms with Crippen LogP contribution in [-0.2, 0) is 6.42 Å². The SMILES string of the molecule is CCCCc1csc(-c2cccc(OC(C)(C)C)n2)c1. The predicted octanol–water partition coefficient (Wildman–Crippen LogP) is 5.33. The second-order valence-electron chi connectivity index (χ2n) is 6.00. The van der Waals surface area contributed by atoms with Gasteiger partial charge in [-0.2, -0.15) is 0 Å². The molecule has 0 aromatic carbocycles. The lowest BCUT2D eigenvalue weighted by atomic mass is 10.1. The number of hydrogen-bond donors (Lipinski definition) is 0. The Balaban J connectivity index is 2.16. The van der Waals surface area contributed by atoms with E-state index in [1.165, 1.54) is 23.3 Å². The molecule has 0 aliphatic heterocycles. The third-order valence-electron chi connectivity index (χ3n) is 2.86. The molecule has 0 radical (unpaired) electrons. The first-order chi connectivity index (χ1) is 9.48. The minimum Gasteiger partial charge on any atom is -0.472 e. The van der Waals surface area contributed by atoms with Gasteiger partial charge in [0.15, 0.2) is 0 Å². The van der Waals surface area contributed by atoms with Gasteiger partial charge in [0.05, 0.1) is 10.6 Å². The van der Waals surface area contributed by atoms with Crippen LogP contribution in [0, 0.1) is 0 Å². The number of ether oxygens (including phenoxy) is 1. The van der Waals surface area contributed by atoms with Crippen LogP contribution in [0.5, 0.6) is 5.88 Å². The number of pyridine rings is 1. The molecule has 0 unspecified atom stereocenters. The lowest BCUT2D eigenvalue weighted by Crippen LogP contribution is -2.23. The lowest BCUT2D eigenvalue weighted by molar-refractivity contribution is 0.124. The first-order valence-corrected chi connectivity index (χ1v) is 8.10. The number of aryl methyl sites for hydroxylation is 1. The molecule has 2 heterocycles. The van der Waals surface area contributed by atoms with Crippen molar-refractivity contribution in [3.63, 3.8) is 0 Å². The number of hydrogen-bond acceptors (Lipinski definition) is 3. The summed E-state index contributed by atoms with van der Waals surface area (Å²) in [5, 5.41) is 2.24. The van der Waals surface area contributed by atoms with Crippen LogP contribution in [0.15, 0.2) is 29.6 Å². The van der Waals surface area contributed by atoms with Gasteiger partial charge in [0.25, 0.3) is 0 Å². The monoisotopic (exact) mass is 289 g/mol. The third kappa shape index (κ3) is 4.34. The summed E-state index contributed by atoms with van der Waals surface area (Å²) in [6, 6.07) is 8.23. The first kappa shape index (κ1) is 15.0. The summed E-state index contributed by atoms with van der Waals surface area (Å²) in [7, 11) is 0. The molecule has 20 heavy (non-hydrogen) atoms. The van der Waals surface area contributed by atoms with E-state index in [2.05, 4.69) is 23.4 Å². The molecule has 2 rings (SSSR count). The van der Waals surface area contributed by atoms with Gasteiger partial charge in [-0.05, 0) is 56.7 Å². The molecular formula is C17H23NOS. The topological polar surface area (TPSA) is 22.1 Å². The van der Waals surface area contributed by atoms with Crippen LogP contribution < -0.4 is 4.74 Å². The standard InChI is InChI=1S/C17H23NOS/c1-5-6-8-13-11-15(20-12-13)14-9-7-10-16(18-14)19-17(2,3)4/h7,9-12H,5-6,8H2,1-4H3. The fraction of sp³-hybridized carbons (Fsp3) is 0.471. The number of rotatable bonds is 5. The summed E-state index contributed by atoms with van der Waals surface area (Å²) in [6.45, 7) is 8.34. The molecule has 0 amide bonds. The Morgan fingerprint density at radius 3 is 2.75 bits per heavy atom. The average Bonchev–Trinajstić information content (AvgIpc) is 2.83. The van der Waals surface area contributed by atoms with Gasteiger partial charge in [0, 0.05) is 6.07 Å². The zero-order valence-electron chi connectivity index (χ0n) is 12.8. The number of unbranched alkanes of at least 4 members (excludes halogenated alkanes) is 1. The lowest BCUT2D eigenvalue weighted by Gasteiger charge is -2.20. The first-order valence-electron chi connectivity index (χ1n) is 7.22. The fourth-order valence-corrected chi connectivity index (χ4v) is 2.86. The van der Waals surface area contributed by atoms with Gasteiger partial charge in [0.1, 0.15) is 5.60 Å². The van der Waals surface area contributed by atoms with Crippen LogP contribution in [-0.4, -0.2) is 10.6 Å². The highest BCUT2D eigenvalue weighted by atomic mass is 32.1. The zero-order chi connectivity index (χ0) is 14.6. The second-order valence-corrected chi connectivity index (χ2v) is 6.91. The fourth-order valence-electron chi connectivity index (χ4n) is 1.94. The van der Waals surface area contributed by atoms with E-state index in [9.17, 15) is 0 Å². The Labute approximate surface area is 125 Å². The maximum Gasteiger partial charge on any atom is 0.214 e. The summed E-state index contributed by atoms with van der Waals surface area (Å²) < 4.78 is 5.83. The van der Waals surface area contributed by atoms with Crippen LogP contribution in [0.3, 0.4) is 0 Å². The molecule has 2 aromatic rings. The van der Waals surface area contributed by atoms with Crippen LogP contribution in [0.2, 0.25) is 0 Å². The van der Waals surface area contributed by atoms with E-state index in [0.29, 0.717) is 5.88 Å². The van der Waals surface area contributed by atoms with E-state index >= 15 is 0 Å². The molecule has 108 valence electrons. The van der Waals surface area contributed by atoms with E-state index < -0.39 is 0 Å². The molecular weight excluding hydrogens is 266 g/mol. The van der Waals surface area contributed by atoms with Crippen LogP contribution >= 0.6 is 11.3 Å². The van der Waals surface area contributed by atoms with Gasteiger partial charge >= 0.3 is 0 Å². The average molecular weight is 289 g/mol. The third-order valence-corrected chi connectivity index (χ3v) is 3.86. The molecule has 0 saturated heterocycles. The zero-order valence-corrected chi connectivity index (χ0v) is 13.6. The Kier molecular flexibility index (Phi) is 4.81. The highest BCUT2D eigenvalue weighted by Crippen LogP contribution is 2.28. The number of aromatic nitrogens is 1. The van der Waals surface area contributed by atoms with E-state index in [4.69, 9.17) is 4.74 Å². The molecule has 0 aliphatic carbocycles. The molecule has 2 aromatic heterocycles. The normalized spacial score (nSPS) is 11.6. The maximum absolute atomic E-state index is 5.83. The molecule has 0 atom stereocenters.